The molecule has 0 radical (unpaired) electrons. The van der Waals surface area contributed by atoms with Gasteiger partial charge in [0.2, 0.25) is 0 Å². The third-order valence-electron chi connectivity index (χ3n) is 3.26. The van der Waals surface area contributed by atoms with Crippen LogP contribution >= 0.6 is 0 Å². The number of anilines is 1. The van der Waals surface area contributed by atoms with Crippen LogP contribution in [0.4, 0.5) is 5.69 Å². The highest BCUT2D eigenvalue weighted by molar-refractivity contribution is 5.93. The molecule has 5 heteroatoms. The first-order valence-electron chi connectivity index (χ1n) is 7.37. The molecule has 0 saturated heterocycles. The average molecular weight is 278 g/mol. The fourth-order valence-corrected chi connectivity index (χ4v) is 2.05. The predicted molar refractivity (Wildman–Crippen MR) is 82.9 cm³/mol. The second-order valence-electron chi connectivity index (χ2n) is 4.84. The molecule has 1 atom stereocenters. The Morgan fingerprint density at radius 1 is 1.40 bits per heavy atom. The molecule has 1 unspecified atom stereocenters. The van der Waals surface area contributed by atoms with Crippen LogP contribution in [0.2, 0.25) is 0 Å². The van der Waals surface area contributed by atoms with Crippen molar-refractivity contribution in [3.8, 4) is 0 Å². The Labute approximate surface area is 121 Å². The Kier molecular flexibility index (Phi) is 7.01. The van der Waals surface area contributed by atoms with Crippen molar-refractivity contribution in [3.05, 3.63) is 24.0 Å². The molecule has 20 heavy (non-hydrogen) atoms. The molecule has 3 N–H and O–H groups in total. The van der Waals surface area contributed by atoms with Crippen LogP contribution in [0.15, 0.2) is 18.3 Å². The Balaban J connectivity index is 2.68. The average Bonchev–Trinajstić information content (AvgIpc) is 2.47. The lowest BCUT2D eigenvalue weighted by Gasteiger charge is -2.18. The highest BCUT2D eigenvalue weighted by atomic mass is 16.2. The van der Waals surface area contributed by atoms with E-state index in [1.807, 2.05) is 19.9 Å². The summed E-state index contributed by atoms with van der Waals surface area (Å²) in [7, 11) is 0. The zero-order valence-electron chi connectivity index (χ0n) is 12.7. The molecule has 0 fully saturated rings. The van der Waals surface area contributed by atoms with Crippen LogP contribution in [0.3, 0.4) is 0 Å². The van der Waals surface area contributed by atoms with E-state index in [1.54, 1.807) is 17.2 Å². The normalized spacial score (nSPS) is 12.0. The monoisotopic (exact) mass is 278 g/mol. The Hall–Kier alpha value is -1.62. The number of nitrogens with zero attached hydrogens (tertiary/aromatic N) is 2. The highest BCUT2D eigenvalue weighted by Crippen LogP contribution is 2.10. The van der Waals surface area contributed by atoms with Crippen molar-refractivity contribution in [1.29, 1.82) is 0 Å². The first kappa shape index (κ1) is 16.4. The van der Waals surface area contributed by atoms with Gasteiger partial charge in [-0.3, -0.25) is 9.78 Å². The van der Waals surface area contributed by atoms with E-state index in [4.69, 9.17) is 5.73 Å². The summed E-state index contributed by atoms with van der Waals surface area (Å²) >= 11 is 0. The van der Waals surface area contributed by atoms with Crippen molar-refractivity contribution >= 4 is 11.6 Å². The molecular formula is C15H26N4O. The number of nitrogens with one attached hydrogen (secondary N) is 1. The first-order chi connectivity index (χ1) is 9.62. The minimum atomic E-state index is -0.0310. The van der Waals surface area contributed by atoms with Gasteiger partial charge in [0.25, 0.3) is 5.91 Å². The standard InChI is InChI=1S/C15H26N4O/c1-4-7-12(16)11-18-13-8-9-17-14(10-13)15(20)19(5-2)6-3/h8-10,12H,4-7,11,16H2,1-3H3,(H,17,18). The molecule has 0 bridgehead atoms. The summed E-state index contributed by atoms with van der Waals surface area (Å²) in [6.07, 6.45) is 3.72. The summed E-state index contributed by atoms with van der Waals surface area (Å²) in [5.74, 6) is -0.0310. The fraction of sp³-hybridized carbons (Fsp3) is 0.600. The van der Waals surface area contributed by atoms with Gasteiger partial charge in [-0.2, -0.15) is 0 Å². The van der Waals surface area contributed by atoms with E-state index in [0.717, 1.165) is 18.5 Å². The molecule has 1 amide bonds. The molecule has 0 spiro atoms. The van der Waals surface area contributed by atoms with Gasteiger partial charge in [-0.1, -0.05) is 13.3 Å². The van der Waals surface area contributed by atoms with Gasteiger partial charge in [0, 0.05) is 37.6 Å². The first-order valence-corrected chi connectivity index (χ1v) is 7.37. The third kappa shape index (κ3) is 4.81. The molecule has 1 heterocycles. The molecule has 0 aliphatic rings. The van der Waals surface area contributed by atoms with Crippen molar-refractivity contribution < 1.29 is 4.79 Å². The molecule has 0 saturated carbocycles. The molecule has 0 aromatic carbocycles. The van der Waals surface area contributed by atoms with E-state index < -0.39 is 0 Å². The van der Waals surface area contributed by atoms with Crippen LogP contribution in [0.1, 0.15) is 44.1 Å². The van der Waals surface area contributed by atoms with Gasteiger partial charge in [0.15, 0.2) is 0 Å². The lowest BCUT2D eigenvalue weighted by Crippen LogP contribution is -2.31. The van der Waals surface area contributed by atoms with E-state index in [2.05, 4.69) is 17.2 Å². The molecular weight excluding hydrogens is 252 g/mol. The number of hydrogen-bond acceptors (Lipinski definition) is 4. The SMILES string of the molecule is CCCC(N)CNc1ccnc(C(=O)N(CC)CC)c1. The van der Waals surface area contributed by atoms with Crippen molar-refractivity contribution in [1.82, 2.24) is 9.88 Å². The number of rotatable bonds is 8. The molecule has 112 valence electrons. The number of carbonyl (C=O) groups is 1. The zero-order valence-corrected chi connectivity index (χ0v) is 12.7. The van der Waals surface area contributed by atoms with Crippen molar-refractivity contribution in [2.45, 2.75) is 39.7 Å². The van der Waals surface area contributed by atoms with Crippen LogP contribution in [-0.2, 0) is 0 Å². The van der Waals surface area contributed by atoms with Gasteiger partial charge in [-0.15, -0.1) is 0 Å². The Morgan fingerprint density at radius 3 is 2.70 bits per heavy atom. The fourth-order valence-electron chi connectivity index (χ4n) is 2.05. The summed E-state index contributed by atoms with van der Waals surface area (Å²) in [5.41, 5.74) is 7.33. The topological polar surface area (TPSA) is 71.2 Å². The van der Waals surface area contributed by atoms with Crippen molar-refractivity contribution in [3.63, 3.8) is 0 Å². The van der Waals surface area contributed by atoms with E-state index in [9.17, 15) is 4.79 Å². The van der Waals surface area contributed by atoms with E-state index >= 15 is 0 Å². The quantitative estimate of drug-likeness (QED) is 0.764. The summed E-state index contributed by atoms with van der Waals surface area (Å²) in [6.45, 7) is 8.14. The minimum absolute atomic E-state index is 0.0310. The largest absolute Gasteiger partial charge is 0.383 e. The van der Waals surface area contributed by atoms with Gasteiger partial charge in [-0.05, 0) is 32.4 Å². The maximum Gasteiger partial charge on any atom is 0.272 e. The Bertz CT molecular complexity index is 418. The number of carbonyl (C=O) groups excluding carboxylic acids is 1. The van der Waals surface area contributed by atoms with E-state index in [0.29, 0.717) is 25.3 Å². The van der Waals surface area contributed by atoms with Gasteiger partial charge in [-0.25, -0.2) is 0 Å². The molecule has 1 rings (SSSR count). The Morgan fingerprint density at radius 2 is 2.10 bits per heavy atom. The van der Waals surface area contributed by atoms with Crippen LogP contribution in [-0.4, -0.2) is 41.5 Å². The number of pyridine rings is 1. The van der Waals surface area contributed by atoms with E-state index in [1.165, 1.54) is 0 Å². The zero-order chi connectivity index (χ0) is 15.0. The second kappa shape index (κ2) is 8.53. The molecule has 0 aliphatic carbocycles. The number of nitrogens with two attached hydrogens (primary N) is 1. The number of amides is 1. The molecule has 1 aromatic heterocycles. The lowest BCUT2D eigenvalue weighted by atomic mass is 10.2. The van der Waals surface area contributed by atoms with Gasteiger partial charge >= 0.3 is 0 Å². The molecule has 5 nitrogen and oxygen atoms in total. The predicted octanol–water partition coefficient (Wildman–Crippen LogP) is 2.10. The smallest absolute Gasteiger partial charge is 0.272 e. The maximum atomic E-state index is 12.2. The summed E-state index contributed by atoms with van der Waals surface area (Å²) in [6, 6.07) is 3.78. The van der Waals surface area contributed by atoms with Crippen LogP contribution in [0, 0.1) is 0 Å². The lowest BCUT2D eigenvalue weighted by molar-refractivity contribution is 0.0767. The van der Waals surface area contributed by atoms with Crippen molar-refractivity contribution in [2.75, 3.05) is 25.0 Å². The van der Waals surface area contributed by atoms with Crippen LogP contribution < -0.4 is 11.1 Å². The highest BCUT2D eigenvalue weighted by Gasteiger charge is 2.14. The van der Waals surface area contributed by atoms with E-state index in [-0.39, 0.29) is 11.9 Å². The maximum absolute atomic E-state index is 12.2. The third-order valence-corrected chi connectivity index (χ3v) is 3.26. The number of aromatic nitrogens is 1. The number of hydrogen-bond donors (Lipinski definition) is 2. The molecule has 1 aromatic rings. The van der Waals surface area contributed by atoms with Gasteiger partial charge in [0.1, 0.15) is 5.69 Å². The minimum Gasteiger partial charge on any atom is -0.383 e. The van der Waals surface area contributed by atoms with Crippen LogP contribution in [0.25, 0.3) is 0 Å². The summed E-state index contributed by atoms with van der Waals surface area (Å²) in [5, 5.41) is 3.26. The summed E-state index contributed by atoms with van der Waals surface area (Å²) < 4.78 is 0. The second-order valence-corrected chi connectivity index (χ2v) is 4.84. The van der Waals surface area contributed by atoms with Gasteiger partial charge in [0.05, 0.1) is 0 Å². The summed E-state index contributed by atoms with van der Waals surface area (Å²) in [4.78, 5) is 18.1. The van der Waals surface area contributed by atoms with Crippen molar-refractivity contribution in [2.24, 2.45) is 5.73 Å². The van der Waals surface area contributed by atoms with Crippen LogP contribution in [0.5, 0.6) is 0 Å². The molecule has 0 aliphatic heterocycles. The van der Waals surface area contributed by atoms with Gasteiger partial charge < -0.3 is 16.0 Å².